The van der Waals surface area contributed by atoms with Gasteiger partial charge in [-0.25, -0.2) is 4.79 Å². The molecule has 0 N–H and O–H groups in total. The number of nitro groups is 1. The van der Waals surface area contributed by atoms with Gasteiger partial charge in [0.1, 0.15) is 5.56 Å². The summed E-state index contributed by atoms with van der Waals surface area (Å²) in [7, 11) is 1.38. The Labute approximate surface area is 177 Å². The first-order valence-electron chi connectivity index (χ1n) is 9.42. The molecule has 0 saturated heterocycles. The first-order valence-corrected chi connectivity index (χ1v) is 9.42. The van der Waals surface area contributed by atoms with Gasteiger partial charge in [0, 0.05) is 30.4 Å². The van der Waals surface area contributed by atoms with Crippen molar-refractivity contribution in [2.24, 2.45) is 0 Å². The number of carbonyl (C=O) groups is 1. The molecule has 2 heterocycles. The molecule has 0 aliphatic carbocycles. The highest BCUT2D eigenvalue weighted by atomic mass is 16.6. The minimum atomic E-state index is -0.838. The second-order valence-corrected chi connectivity index (χ2v) is 6.20. The van der Waals surface area contributed by atoms with Gasteiger partial charge < -0.3 is 18.7 Å². The van der Waals surface area contributed by atoms with E-state index in [4.69, 9.17) is 18.7 Å². The van der Waals surface area contributed by atoms with Crippen molar-refractivity contribution < 1.29 is 28.5 Å². The van der Waals surface area contributed by atoms with Gasteiger partial charge in [0.25, 0.3) is 5.69 Å². The molecule has 31 heavy (non-hydrogen) atoms. The van der Waals surface area contributed by atoms with Gasteiger partial charge in [-0.3, -0.25) is 15.1 Å². The molecule has 3 rings (SSSR count). The number of pyridine rings is 1. The summed E-state index contributed by atoms with van der Waals surface area (Å²) in [5.74, 6) is 0.331. The number of esters is 1. The Morgan fingerprint density at radius 2 is 2.13 bits per heavy atom. The van der Waals surface area contributed by atoms with E-state index in [9.17, 15) is 14.9 Å². The SMILES string of the molecule is CCOc1cc([N+](=O)[O-])c(C(=O)OCCCc2nc(-c3cccnc3)no2)cc1OC. The van der Waals surface area contributed by atoms with E-state index in [1.54, 1.807) is 31.5 Å². The van der Waals surface area contributed by atoms with Crippen molar-refractivity contribution in [3.8, 4) is 22.9 Å². The lowest BCUT2D eigenvalue weighted by Gasteiger charge is -2.11. The van der Waals surface area contributed by atoms with Gasteiger partial charge >= 0.3 is 5.97 Å². The molecule has 0 saturated carbocycles. The van der Waals surface area contributed by atoms with Crippen LogP contribution < -0.4 is 9.47 Å². The minimum Gasteiger partial charge on any atom is -0.493 e. The highest BCUT2D eigenvalue weighted by Crippen LogP contribution is 2.35. The van der Waals surface area contributed by atoms with Gasteiger partial charge in [0.15, 0.2) is 11.5 Å². The van der Waals surface area contributed by atoms with Crippen molar-refractivity contribution in [3.05, 3.63) is 58.2 Å². The van der Waals surface area contributed by atoms with E-state index < -0.39 is 16.6 Å². The van der Waals surface area contributed by atoms with Crippen LogP contribution >= 0.6 is 0 Å². The number of nitrogens with zero attached hydrogens (tertiary/aromatic N) is 4. The summed E-state index contributed by atoms with van der Waals surface area (Å²) < 4.78 is 20.9. The summed E-state index contributed by atoms with van der Waals surface area (Å²) in [5, 5.41) is 15.3. The van der Waals surface area contributed by atoms with E-state index in [0.29, 0.717) is 24.6 Å². The average molecular weight is 428 g/mol. The Morgan fingerprint density at radius 3 is 2.81 bits per heavy atom. The van der Waals surface area contributed by atoms with Crippen LogP contribution in [0.4, 0.5) is 5.69 Å². The third kappa shape index (κ3) is 5.32. The molecular weight excluding hydrogens is 408 g/mol. The first kappa shape index (κ1) is 21.7. The zero-order valence-corrected chi connectivity index (χ0v) is 16.9. The highest BCUT2D eigenvalue weighted by Gasteiger charge is 2.26. The molecule has 0 aliphatic heterocycles. The summed E-state index contributed by atoms with van der Waals surface area (Å²) in [6.45, 7) is 2.03. The normalized spacial score (nSPS) is 10.5. The van der Waals surface area contributed by atoms with Crippen LogP contribution in [0.15, 0.2) is 41.2 Å². The smallest absolute Gasteiger partial charge is 0.345 e. The molecule has 0 fully saturated rings. The largest absolute Gasteiger partial charge is 0.493 e. The second-order valence-electron chi connectivity index (χ2n) is 6.20. The molecule has 2 aromatic heterocycles. The van der Waals surface area contributed by atoms with Crippen LogP contribution in [-0.2, 0) is 11.2 Å². The number of benzene rings is 1. The predicted octanol–water partition coefficient (Wildman–Crippen LogP) is 3.24. The van der Waals surface area contributed by atoms with Crippen molar-refractivity contribution in [2.45, 2.75) is 19.8 Å². The highest BCUT2D eigenvalue weighted by molar-refractivity contribution is 5.95. The molecule has 0 amide bonds. The molecular formula is C20H20N4O7. The van der Waals surface area contributed by atoms with Gasteiger partial charge in [-0.05, 0) is 25.5 Å². The number of hydrogen-bond donors (Lipinski definition) is 0. The van der Waals surface area contributed by atoms with E-state index in [-0.39, 0.29) is 30.3 Å². The van der Waals surface area contributed by atoms with Crippen molar-refractivity contribution >= 4 is 11.7 Å². The Bertz CT molecular complexity index is 1050. The quantitative estimate of drug-likeness (QED) is 0.204. The van der Waals surface area contributed by atoms with Crippen molar-refractivity contribution in [1.29, 1.82) is 0 Å². The Balaban J connectivity index is 1.61. The van der Waals surface area contributed by atoms with E-state index in [2.05, 4.69) is 15.1 Å². The Morgan fingerprint density at radius 1 is 1.29 bits per heavy atom. The van der Waals surface area contributed by atoms with Gasteiger partial charge in [-0.15, -0.1) is 0 Å². The number of carbonyl (C=O) groups excluding carboxylic acids is 1. The molecule has 11 heteroatoms. The van der Waals surface area contributed by atoms with Crippen LogP contribution in [0.5, 0.6) is 11.5 Å². The number of ether oxygens (including phenoxy) is 3. The van der Waals surface area contributed by atoms with Gasteiger partial charge in [0.2, 0.25) is 11.7 Å². The molecule has 3 aromatic rings. The average Bonchev–Trinajstić information content (AvgIpc) is 3.26. The molecule has 162 valence electrons. The third-order valence-corrected chi connectivity index (χ3v) is 4.15. The van der Waals surface area contributed by atoms with Crippen LogP contribution in [0.1, 0.15) is 29.6 Å². The zero-order valence-electron chi connectivity index (χ0n) is 16.9. The number of aryl methyl sites for hydroxylation is 1. The minimum absolute atomic E-state index is 0.0100. The zero-order chi connectivity index (χ0) is 22.2. The van der Waals surface area contributed by atoms with Crippen molar-refractivity contribution in [2.75, 3.05) is 20.3 Å². The Kier molecular flexibility index (Phi) is 7.09. The maximum absolute atomic E-state index is 12.4. The van der Waals surface area contributed by atoms with Crippen LogP contribution in [0.2, 0.25) is 0 Å². The molecule has 0 atom stereocenters. The maximum atomic E-state index is 12.4. The van der Waals surface area contributed by atoms with Crippen LogP contribution in [0.25, 0.3) is 11.4 Å². The van der Waals surface area contributed by atoms with Crippen molar-refractivity contribution in [3.63, 3.8) is 0 Å². The fraction of sp³-hybridized carbons (Fsp3) is 0.300. The molecule has 1 aromatic carbocycles. The summed E-state index contributed by atoms with van der Waals surface area (Å²) in [4.78, 5) is 31.4. The number of nitro benzene ring substituents is 1. The molecule has 11 nitrogen and oxygen atoms in total. The predicted molar refractivity (Wildman–Crippen MR) is 107 cm³/mol. The monoisotopic (exact) mass is 428 g/mol. The van der Waals surface area contributed by atoms with E-state index in [0.717, 1.165) is 11.6 Å². The van der Waals surface area contributed by atoms with Crippen LogP contribution in [-0.4, -0.2) is 46.3 Å². The molecule has 0 aliphatic rings. The van der Waals surface area contributed by atoms with Crippen molar-refractivity contribution in [1.82, 2.24) is 15.1 Å². The van der Waals surface area contributed by atoms with E-state index in [1.807, 2.05) is 0 Å². The topological polar surface area (TPSA) is 140 Å². The fourth-order valence-electron chi connectivity index (χ4n) is 2.73. The summed E-state index contributed by atoms with van der Waals surface area (Å²) >= 11 is 0. The summed E-state index contributed by atoms with van der Waals surface area (Å²) in [6.07, 6.45) is 4.02. The van der Waals surface area contributed by atoms with Gasteiger partial charge in [-0.2, -0.15) is 4.98 Å². The molecule has 0 spiro atoms. The summed E-state index contributed by atoms with van der Waals surface area (Å²) in [6, 6.07) is 5.96. The number of hydrogen-bond acceptors (Lipinski definition) is 10. The maximum Gasteiger partial charge on any atom is 0.345 e. The number of methoxy groups -OCH3 is 1. The third-order valence-electron chi connectivity index (χ3n) is 4.15. The van der Waals surface area contributed by atoms with E-state index in [1.165, 1.54) is 13.2 Å². The molecule has 0 unspecified atom stereocenters. The standard InChI is InChI=1S/C20H20N4O7/c1-3-29-17-11-15(24(26)27)14(10-16(17)28-2)20(25)30-9-5-7-18-22-19(23-31-18)13-6-4-8-21-12-13/h4,6,8,10-12H,3,5,7,9H2,1-2H3. The lowest BCUT2D eigenvalue weighted by Crippen LogP contribution is -2.11. The number of rotatable bonds is 10. The van der Waals surface area contributed by atoms with Crippen LogP contribution in [0, 0.1) is 10.1 Å². The second kappa shape index (κ2) is 10.1. The molecule has 0 radical (unpaired) electrons. The first-order chi connectivity index (χ1) is 15.0. The van der Waals surface area contributed by atoms with Crippen LogP contribution in [0.3, 0.4) is 0 Å². The lowest BCUT2D eigenvalue weighted by atomic mass is 10.1. The lowest BCUT2D eigenvalue weighted by molar-refractivity contribution is -0.385. The Hall–Kier alpha value is -4.02. The van der Waals surface area contributed by atoms with Gasteiger partial charge in [0.05, 0.1) is 31.3 Å². The van der Waals surface area contributed by atoms with Gasteiger partial charge in [-0.1, -0.05) is 5.16 Å². The number of aromatic nitrogens is 3. The fourth-order valence-corrected chi connectivity index (χ4v) is 2.73. The molecule has 0 bridgehead atoms. The van der Waals surface area contributed by atoms with E-state index >= 15 is 0 Å². The summed E-state index contributed by atoms with van der Waals surface area (Å²) in [5.41, 5.74) is 0.0786.